The SMILES string of the molecule is CC(C)C(N)C(O)C1CCOCC1. The van der Waals surface area contributed by atoms with Crippen LogP contribution in [0.5, 0.6) is 0 Å². The first-order valence-electron chi connectivity index (χ1n) is 5.14. The highest BCUT2D eigenvalue weighted by Crippen LogP contribution is 2.22. The Labute approximate surface area is 80.3 Å². The molecule has 1 fully saturated rings. The van der Waals surface area contributed by atoms with Crippen LogP contribution in [0, 0.1) is 11.8 Å². The van der Waals surface area contributed by atoms with Gasteiger partial charge in [-0.3, -0.25) is 0 Å². The predicted octanol–water partition coefficient (Wildman–Crippen LogP) is 0.757. The molecule has 2 atom stereocenters. The summed E-state index contributed by atoms with van der Waals surface area (Å²) in [5, 5.41) is 9.93. The molecule has 1 aliphatic rings. The minimum absolute atomic E-state index is 0.0944. The van der Waals surface area contributed by atoms with Crippen molar-refractivity contribution in [1.82, 2.24) is 0 Å². The van der Waals surface area contributed by atoms with E-state index in [1.807, 2.05) is 13.8 Å². The van der Waals surface area contributed by atoms with Gasteiger partial charge in [-0.25, -0.2) is 0 Å². The van der Waals surface area contributed by atoms with Crippen LogP contribution < -0.4 is 5.73 Å². The molecule has 1 heterocycles. The number of nitrogens with two attached hydrogens (primary N) is 1. The van der Waals surface area contributed by atoms with Gasteiger partial charge in [0.25, 0.3) is 0 Å². The Morgan fingerprint density at radius 3 is 2.31 bits per heavy atom. The molecule has 0 amide bonds. The van der Waals surface area contributed by atoms with Crippen molar-refractivity contribution in [2.24, 2.45) is 17.6 Å². The topological polar surface area (TPSA) is 55.5 Å². The average molecular weight is 187 g/mol. The average Bonchev–Trinajstić information content (AvgIpc) is 2.17. The Balaban J connectivity index is 2.40. The van der Waals surface area contributed by atoms with E-state index in [0.717, 1.165) is 26.1 Å². The summed E-state index contributed by atoms with van der Waals surface area (Å²) in [5.74, 6) is 0.684. The fourth-order valence-corrected chi connectivity index (χ4v) is 1.77. The van der Waals surface area contributed by atoms with Crippen LogP contribution in [0.15, 0.2) is 0 Å². The van der Waals surface area contributed by atoms with Gasteiger partial charge >= 0.3 is 0 Å². The van der Waals surface area contributed by atoms with Gasteiger partial charge in [0, 0.05) is 19.3 Å². The largest absolute Gasteiger partial charge is 0.391 e. The van der Waals surface area contributed by atoms with Crippen LogP contribution in [0.2, 0.25) is 0 Å². The van der Waals surface area contributed by atoms with E-state index < -0.39 is 0 Å². The van der Waals surface area contributed by atoms with Crippen molar-refractivity contribution in [2.75, 3.05) is 13.2 Å². The summed E-state index contributed by atoms with van der Waals surface area (Å²) >= 11 is 0. The number of ether oxygens (including phenoxy) is 1. The zero-order valence-electron chi connectivity index (χ0n) is 8.57. The molecular formula is C10H21NO2. The molecule has 2 unspecified atom stereocenters. The number of aliphatic hydroxyl groups excluding tert-OH is 1. The number of rotatable bonds is 3. The molecule has 0 aromatic rings. The molecule has 78 valence electrons. The highest BCUT2D eigenvalue weighted by molar-refractivity contribution is 4.82. The van der Waals surface area contributed by atoms with Gasteiger partial charge in [0.05, 0.1) is 6.10 Å². The van der Waals surface area contributed by atoms with E-state index in [1.165, 1.54) is 0 Å². The third kappa shape index (κ3) is 2.93. The Morgan fingerprint density at radius 1 is 1.31 bits per heavy atom. The van der Waals surface area contributed by atoms with Crippen molar-refractivity contribution in [2.45, 2.75) is 38.8 Å². The lowest BCUT2D eigenvalue weighted by Crippen LogP contribution is -2.45. The smallest absolute Gasteiger partial charge is 0.0723 e. The second-order valence-corrected chi connectivity index (χ2v) is 4.26. The molecular weight excluding hydrogens is 166 g/mol. The van der Waals surface area contributed by atoms with Gasteiger partial charge in [0.15, 0.2) is 0 Å². The van der Waals surface area contributed by atoms with Crippen LogP contribution in [0.4, 0.5) is 0 Å². The van der Waals surface area contributed by atoms with Crippen LogP contribution in [0.3, 0.4) is 0 Å². The lowest BCUT2D eigenvalue weighted by atomic mass is 9.85. The maximum Gasteiger partial charge on any atom is 0.0723 e. The first-order valence-corrected chi connectivity index (χ1v) is 5.14. The van der Waals surface area contributed by atoms with Gasteiger partial charge in [0.1, 0.15) is 0 Å². The Kier molecular flexibility index (Phi) is 4.16. The minimum atomic E-state index is -0.358. The van der Waals surface area contributed by atoms with Gasteiger partial charge in [-0.1, -0.05) is 13.8 Å². The van der Waals surface area contributed by atoms with E-state index in [-0.39, 0.29) is 12.1 Å². The van der Waals surface area contributed by atoms with Crippen LogP contribution >= 0.6 is 0 Å². The minimum Gasteiger partial charge on any atom is -0.391 e. The maximum absolute atomic E-state index is 9.93. The van der Waals surface area contributed by atoms with Gasteiger partial charge in [-0.05, 0) is 24.7 Å². The van der Waals surface area contributed by atoms with Crippen LogP contribution in [-0.4, -0.2) is 30.5 Å². The van der Waals surface area contributed by atoms with E-state index in [1.54, 1.807) is 0 Å². The van der Waals surface area contributed by atoms with Crippen LogP contribution in [-0.2, 0) is 4.74 Å². The molecule has 0 aliphatic carbocycles. The first-order chi connectivity index (χ1) is 6.13. The second kappa shape index (κ2) is 4.94. The second-order valence-electron chi connectivity index (χ2n) is 4.26. The zero-order chi connectivity index (χ0) is 9.84. The van der Waals surface area contributed by atoms with Crippen molar-refractivity contribution in [3.63, 3.8) is 0 Å². The molecule has 0 aromatic heterocycles. The Bertz CT molecular complexity index is 144. The first kappa shape index (κ1) is 11.0. The van der Waals surface area contributed by atoms with E-state index in [4.69, 9.17) is 10.5 Å². The molecule has 0 saturated carbocycles. The highest BCUT2D eigenvalue weighted by atomic mass is 16.5. The molecule has 0 spiro atoms. The van der Waals surface area contributed by atoms with Crippen molar-refractivity contribution in [3.05, 3.63) is 0 Å². The van der Waals surface area contributed by atoms with E-state index in [2.05, 4.69) is 0 Å². The summed E-state index contributed by atoms with van der Waals surface area (Å²) in [6, 6.07) is -0.0944. The number of hydrogen-bond donors (Lipinski definition) is 2. The molecule has 0 aromatic carbocycles. The standard InChI is InChI=1S/C10H21NO2/c1-7(2)9(11)10(12)8-3-5-13-6-4-8/h7-10,12H,3-6,11H2,1-2H3. The van der Waals surface area contributed by atoms with Gasteiger partial charge < -0.3 is 15.6 Å². The molecule has 1 aliphatic heterocycles. The zero-order valence-corrected chi connectivity index (χ0v) is 8.57. The molecule has 1 saturated heterocycles. The normalized spacial score (nSPS) is 24.7. The third-order valence-corrected chi connectivity index (χ3v) is 2.91. The van der Waals surface area contributed by atoms with Crippen molar-refractivity contribution < 1.29 is 9.84 Å². The lowest BCUT2D eigenvalue weighted by Gasteiger charge is -2.32. The van der Waals surface area contributed by atoms with Gasteiger partial charge in [0.2, 0.25) is 0 Å². The van der Waals surface area contributed by atoms with E-state index in [0.29, 0.717) is 11.8 Å². The monoisotopic (exact) mass is 187 g/mol. The molecule has 0 bridgehead atoms. The lowest BCUT2D eigenvalue weighted by molar-refractivity contribution is -0.00810. The number of hydrogen-bond acceptors (Lipinski definition) is 3. The summed E-state index contributed by atoms with van der Waals surface area (Å²) in [4.78, 5) is 0. The quantitative estimate of drug-likeness (QED) is 0.685. The number of aliphatic hydroxyl groups is 1. The predicted molar refractivity (Wildman–Crippen MR) is 52.4 cm³/mol. The molecule has 3 N–H and O–H groups in total. The van der Waals surface area contributed by atoms with Crippen LogP contribution in [0.1, 0.15) is 26.7 Å². The third-order valence-electron chi connectivity index (χ3n) is 2.91. The van der Waals surface area contributed by atoms with Crippen molar-refractivity contribution >= 4 is 0 Å². The Morgan fingerprint density at radius 2 is 1.85 bits per heavy atom. The molecule has 13 heavy (non-hydrogen) atoms. The fourth-order valence-electron chi connectivity index (χ4n) is 1.77. The van der Waals surface area contributed by atoms with Crippen molar-refractivity contribution in [3.8, 4) is 0 Å². The maximum atomic E-state index is 9.93. The Hall–Kier alpha value is -0.120. The van der Waals surface area contributed by atoms with Gasteiger partial charge in [-0.2, -0.15) is 0 Å². The summed E-state index contributed by atoms with van der Waals surface area (Å²) < 4.78 is 5.24. The van der Waals surface area contributed by atoms with Gasteiger partial charge in [-0.15, -0.1) is 0 Å². The molecule has 0 radical (unpaired) electrons. The molecule has 1 rings (SSSR count). The summed E-state index contributed by atoms with van der Waals surface area (Å²) in [6.45, 7) is 5.64. The fraction of sp³-hybridized carbons (Fsp3) is 1.00. The van der Waals surface area contributed by atoms with Crippen LogP contribution in [0.25, 0.3) is 0 Å². The summed E-state index contributed by atoms with van der Waals surface area (Å²) in [7, 11) is 0. The molecule has 3 heteroatoms. The molecule has 3 nitrogen and oxygen atoms in total. The van der Waals surface area contributed by atoms with E-state index >= 15 is 0 Å². The summed E-state index contributed by atoms with van der Waals surface area (Å²) in [5.41, 5.74) is 5.90. The van der Waals surface area contributed by atoms with E-state index in [9.17, 15) is 5.11 Å². The summed E-state index contributed by atoms with van der Waals surface area (Å²) in [6.07, 6.45) is 1.53. The highest BCUT2D eigenvalue weighted by Gasteiger charge is 2.28. The van der Waals surface area contributed by atoms with Crippen molar-refractivity contribution in [1.29, 1.82) is 0 Å².